The average Bonchev–Trinajstić information content (AvgIpc) is 2.58. The van der Waals surface area contributed by atoms with Gasteiger partial charge in [-0.15, -0.1) is 0 Å². The second-order valence-electron chi connectivity index (χ2n) is 5.56. The molecule has 2 aromatic rings. The maximum atomic E-state index is 12.0. The Hall–Kier alpha value is -2.49. The van der Waals surface area contributed by atoms with Gasteiger partial charge < -0.3 is 14.8 Å². The summed E-state index contributed by atoms with van der Waals surface area (Å²) in [5.41, 5.74) is 1.81. The van der Waals surface area contributed by atoms with E-state index in [0.29, 0.717) is 30.4 Å². The van der Waals surface area contributed by atoms with Crippen LogP contribution in [0.15, 0.2) is 48.5 Å². The zero-order chi connectivity index (χ0) is 16.7. The van der Waals surface area contributed by atoms with Crippen molar-refractivity contribution in [1.82, 2.24) is 5.32 Å². The number of hydrogen-bond acceptors (Lipinski definition) is 3. The molecule has 0 spiro atoms. The van der Waals surface area contributed by atoms with E-state index < -0.39 is 0 Å². The summed E-state index contributed by atoms with van der Waals surface area (Å²) in [5.74, 6) is 1.82. The van der Waals surface area contributed by atoms with Gasteiger partial charge in [0.05, 0.1) is 13.7 Å². The molecule has 0 aliphatic rings. The number of carbonyl (C=O) groups is 1. The van der Waals surface area contributed by atoms with Gasteiger partial charge in [-0.25, -0.2) is 0 Å². The first-order valence-electron chi connectivity index (χ1n) is 7.75. The molecule has 0 aliphatic heterocycles. The van der Waals surface area contributed by atoms with Crippen LogP contribution >= 0.6 is 0 Å². The molecule has 2 rings (SSSR count). The first kappa shape index (κ1) is 16.9. The first-order chi connectivity index (χ1) is 11.1. The molecule has 1 amide bonds. The summed E-state index contributed by atoms with van der Waals surface area (Å²) in [6.07, 6.45) is 0. The molecule has 0 radical (unpaired) electrons. The molecule has 0 fully saturated rings. The minimum absolute atomic E-state index is 0.136. The van der Waals surface area contributed by atoms with E-state index in [2.05, 4.69) is 25.2 Å². The molecular formula is C19H23NO3. The molecule has 122 valence electrons. The molecule has 0 bridgehead atoms. The van der Waals surface area contributed by atoms with Gasteiger partial charge in [-0.2, -0.15) is 0 Å². The molecule has 4 nitrogen and oxygen atoms in total. The Morgan fingerprint density at radius 2 is 1.83 bits per heavy atom. The Balaban J connectivity index is 1.80. The van der Waals surface area contributed by atoms with Gasteiger partial charge in [0.15, 0.2) is 0 Å². The van der Waals surface area contributed by atoms with Crippen molar-refractivity contribution in [3.63, 3.8) is 0 Å². The minimum atomic E-state index is -0.136. The number of amides is 1. The highest BCUT2D eigenvalue weighted by molar-refractivity contribution is 5.94. The van der Waals surface area contributed by atoms with Gasteiger partial charge in [-0.05, 0) is 41.8 Å². The van der Waals surface area contributed by atoms with E-state index in [1.807, 2.05) is 24.3 Å². The number of carbonyl (C=O) groups excluding carboxylic acids is 1. The molecule has 0 saturated heterocycles. The molecule has 0 unspecified atom stereocenters. The van der Waals surface area contributed by atoms with Gasteiger partial charge >= 0.3 is 0 Å². The summed E-state index contributed by atoms with van der Waals surface area (Å²) in [5, 5.41) is 2.84. The van der Waals surface area contributed by atoms with E-state index in [-0.39, 0.29) is 5.91 Å². The fourth-order valence-corrected chi connectivity index (χ4v) is 2.16. The quantitative estimate of drug-likeness (QED) is 0.794. The van der Waals surface area contributed by atoms with Crippen LogP contribution in [0.5, 0.6) is 11.5 Å². The summed E-state index contributed by atoms with van der Waals surface area (Å²) < 4.78 is 10.8. The topological polar surface area (TPSA) is 47.6 Å². The Kier molecular flexibility index (Phi) is 6.03. The van der Waals surface area contributed by atoms with Crippen molar-refractivity contribution in [2.24, 2.45) is 0 Å². The third-order valence-electron chi connectivity index (χ3n) is 3.51. The highest BCUT2D eigenvalue weighted by Crippen LogP contribution is 2.19. The largest absolute Gasteiger partial charge is 0.497 e. The van der Waals surface area contributed by atoms with Crippen LogP contribution in [0.4, 0.5) is 0 Å². The average molecular weight is 313 g/mol. The highest BCUT2D eigenvalue weighted by atomic mass is 16.5. The number of ether oxygens (including phenoxy) is 2. The van der Waals surface area contributed by atoms with Crippen molar-refractivity contribution < 1.29 is 14.3 Å². The Morgan fingerprint density at radius 3 is 2.57 bits per heavy atom. The summed E-state index contributed by atoms with van der Waals surface area (Å²) in [4.78, 5) is 12.0. The van der Waals surface area contributed by atoms with Gasteiger partial charge in [0, 0.05) is 5.56 Å². The molecule has 4 heteroatoms. The molecule has 1 N–H and O–H groups in total. The SMILES string of the molecule is COc1cccc(C(=O)NCCOc2cccc(C(C)C)c2)c1. The number of nitrogens with one attached hydrogen (secondary N) is 1. The van der Waals surface area contributed by atoms with Gasteiger partial charge in [-0.3, -0.25) is 4.79 Å². The fraction of sp³-hybridized carbons (Fsp3) is 0.316. The zero-order valence-corrected chi connectivity index (χ0v) is 13.8. The van der Waals surface area contributed by atoms with Crippen LogP contribution in [-0.4, -0.2) is 26.2 Å². The Morgan fingerprint density at radius 1 is 1.09 bits per heavy atom. The fourth-order valence-electron chi connectivity index (χ4n) is 2.16. The Bertz CT molecular complexity index is 653. The Labute approximate surface area is 137 Å². The third-order valence-corrected chi connectivity index (χ3v) is 3.51. The maximum Gasteiger partial charge on any atom is 0.251 e. The second-order valence-corrected chi connectivity index (χ2v) is 5.56. The summed E-state index contributed by atoms with van der Waals surface area (Å²) in [6.45, 7) is 5.17. The van der Waals surface area contributed by atoms with Crippen molar-refractivity contribution in [2.45, 2.75) is 19.8 Å². The van der Waals surface area contributed by atoms with Crippen LogP contribution in [0.25, 0.3) is 0 Å². The molecular weight excluding hydrogens is 290 g/mol. The molecule has 0 saturated carbocycles. The first-order valence-corrected chi connectivity index (χ1v) is 7.75. The lowest BCUT2D eigenvalue weighted by atomic mass is 10.0. The molecule has 23 heavy (non-hydrogen) atoms. The van der Waals surface area contributed by atoms with Gasteiger partial charge in [0.1, 0.15) is 18.1 Å². The standard InChI is InChI=1S/C19H23NO3/c1-14(2)15-6-4-9-18(12-15)23-11-10-20-19(21)16-7-5-8-17(13-16)22-3/h4-9,12-14H,10-11H2,1-3H3,(H,20,21). The highest BCUT2D eigenvalue weighted by Gasteiger charge is 2.06. The molecule has 0 aliphatic carbocycles. The van der Waals surface area contributed by atoms with Gasteiger partial charge in [0.2, 0.25) is 0 Å². The second kappa shape index (κ2) is 8.22. The summed E-state index contributed by atoms with van der Waals surface area (Å²) in [6, 6.07) is 15.1. The molecule has 2 aromatic carbocycles. The van der Waals surface area contributed by atoms with Crippen LogP contribution in [0.1, 0.15) is 35.7 Å². The van der Waals surface area contributed by atoms with E-state index in [4.69, 9.17) is 9.47 Å². The zero-order valence-electron chi connectivity index (χ0n) is 13.8. The van der Waals surface area contributed by atoms with Crippen molar-refractivity contribution in [3.05, 3.63) is 59.7 Å². The smallest absolute Gasteiger partial charge is 0.251 e. The lowest BCUT2D eigenvalue weighted by Crippen LogP contribution is -2.28. The van der Waals surface area contributed by atoms with Gasteiger partial charge in [0.25, 0.3) is 5.91 Å². The van der Waals surface area contributed by atoms with Crippen molar-refractivity contribution in [3.8, 4) is 11.5 Å². The van der Waals surface area contributed by atoms with Crippen LogP contribution in [-0.2, 0) is 0 Å². The van der Waals surface area contributed by atoms with Crippen LogP contribution in [0.3, 0.4) is 0 Å². The van der Waals surface area contributed by atoms with Crippen molar-refractivity contribution in [2.75, 3.05) is 20.3 Å². The lowest BCUT2D eigenvalue weighted by Gasteiger charge is -2.11. The van der Waals surface area contributed by atoms with E-state index in [1.54, 1.807) is 25.3 Å². The minimum Gasteiger partial charge on any atom is -0.497 e. The van der Waals surface area contributed by atoms with E-state index in [1.165, 1.54) is 5.56 Å². The van der Waals surface area contributed by atoms with Crippen molar-refractivity contribution in [1.29, 1.82) is 0 Å². The summed E-state index contributed by atoms with van der Waals surface area (Å²) >= 11 is 0. The number of methoxy groups -OCH3 is 1. The number of hydrogen-bond donors (Lipinski definition) is 1. The predicted octanol–water partition coefficient (Wildman–Crippen LogP) is 3.63. The van der Waals surface area contributed by atoms with Crippen LogP contribution in [0.2, 0.25) is 0 Å². The predicted molar refractivity (Wildman–Crippen MR) is 91.4 cm³/mol. The van der Waals surface area contributed by atoms with Crippen molar-refractivity contribution >= 4 is 5.91 Å². The van der Waals surface area contributed by atoms with Crippen LogP contribution < -0.4 is 14.8 Å². The van der Waals surface area contributed by atoms with E-state index in [0.717, 1.165) is 5.75 Å². The molecule has 0 aromatic heterocycles. The van der Waals surface area contributed by atoms with E-state index in [9.17, 15) is 4.79 Å². The molecule has 0 atom stereocenters. The van der Waals surface area contributed by atoms with E-state index >= 15 is 0 Å². The number of benzene rings is 2. The lowest BCUT2D eigenvalue weighted by molar-refractivity contribution is 0.0946. The van der Waals surface area contributed by atoms with Crippen LogP contribution in [0, 0.1) is 0 Å². The maximum absolute atomic E-state index is 12.0. The third kappa shape index (κ3) is 5.02. The number of rotatable bonds is 7. The molecule has 0 heterocycles. The monoisotopic (exact) mass is 313 g/mol. The van der Waals surface area contributed by atoms with Gasteiger partial charge in [-0.1, -0.05) is 32.0 Å². The normalized spacial score (nSPS) is 10.4. The summed E-state index contributed by atoms with van der Waals surface area (Å²) in [7, 11) is 1.58.